The minimum Gasteiger partial charge on any atom is -0.379 e. The topological polar surface area (TPSA) is 85.2 Å². The van der Waals surface area contributed by atoms with E-state index in [-0.39, 0.29) is 11.9 Å². The van der Waals surface area contributed by atoms with E-state index in [9.17, 15) is 4.79 Å². The average Bonchev–Trinajstić information content (AvgIpc) is 3.14. The maximum Gasteiger partial charge on any atom is 0.242 e. The van der Waals surface area contributed by atoms with Crippen LogP contribution in [-0.4, -0.2) is 62.9 Å². The molecule has 1 amide bonds. The summed E-state index contributed by atoms with van der Waals surface area (Å²) >= 11 is 0. The first-order valence-electron chi connectivity index (χ1n) is 8.98. The van der Waals surface area contributed by atoms with Crippen molar-refractivity contribution in [2.75, 3.05) is 31.6 Å². The number of nitrogens with one attached hydrogen (secondary N) is 1. The molecule has 0 aromatic carbocycles. The van der Waals surface area contributed by atoms with Crippen LogP contribution in [0.3, 0.4) is 0 Å². The summed E-state index contributed by atoms with van der Waals surface area (Å²) < 4.78 is 7.09. The van der Waals surface area contributed by atoms with E-state index < -0.39 is 0 Å². The lowest BCUT2D eigenvalue weighted by molar-refractivity contribution is -0.122. The number of aryl methyl sites for hydroxylation is 1. The standard InChI is InChI=1S/C19H22N6O2/c1-13(25-5-7-27-8-6-25)19(26)23-18-9-17-14(10-20-18)3-4-16(22-17)15-11-21-24(2)12-15/h3-4,9-13H,5-8H2,1-2H3,(H,20,23,26)/t13-/m0/s1. The summed E-state index contributed by atoms with van der Waals surface area (Å²) in [6.07, 6.45) is 5.43. The molecule has 0 unspecified atom stereocenters. The van der Waals surface area contributed by atoms with E-state index in [1.807, 2.05) is 32.3 Å². The minimum absolute atomic E-state index is 0.0767. The molecule has 1 fully saturated rings. The van der Waals surface area contributed by atoms with Gasteiger partial charge in [0.2, 0.25) is 5.91 Å². The second kappa shape index (κ2) is 7.42. The van der Waals surface area contributed by atoms with E-state index >= 15 is 0 Å². The Kier molecular flexibility index (Phi) is 4.83. The second-order valence-electron chi connectivity index (χ2n) is 6.67. The number of fused-ring (bicyclic) bond motifs is 1. The molecule has 8 heteroatoms. The molecule has 4 rings (SSSR count). The number of aromatic nitrogens is 4. The maximum atomic E-state index is 12.6. The zero-order chi connectivity index (χ0) is 18.8. The average molecular weight is 366 g/mol. The fraction of sp³-hybridized carbons (Fsp3) is 0.368. The van der Waals surface area contributed by atoms with Gasteiger partial charge in [0.1, 0.15) is 5.82 Å². The normalized spacial score (nSPS) is 16.4. The van der Waals surface area contributed by atoms with Gasteiger partial charge in [-0.15, -0.1) is 0 Å². The highest BCUT2D eigenvalue weighted by atomic mass is 16.5. The van der Waals surface area contributed by atoms with Gasteiger partial charge in [-0.1, -0.05) is 0 Å². The van der Waals surface area contributed by atoms with Crippen LogP contribution >= 0.6 is 0 Å². The first kappa shape index (κ1) is 17.6. The van der Waals surface area contributed by atoms with Gasteiger partial charge >= 0.3 is 0 Å². The fourth-order valence-electron chi connectivity index (χ4n) is 3.16. The van der Waals surface area contributed by atoms with Crippen LogP contribution in [0.2, 0.25) is 0 Å². The number of carbonyl (C=O) groups is 1. The van der Waals surface area contributed by atoms with Crippen molar-refractivity contribution < 1.29 is 9.53 Å². The molecule has 1 atom stereocenters. The van der Waals surface area contributed by atoms with Gasteiger partial charge in [-0.05, 0) is 19.1 Å². The van der Waals surface area contributed by atoms with Crippen molar-refractivity contribution in [2.45, 2.75) is 13.0 Å². The molecule has 1 N–H and O–H groups in total. The molecule has 140 valence electrons. The van der Waals surface area contributed by atoms with Crippen molar-refractivity contribution in [1.29, 1.82) is 0 Å². The third-order valence-electron chi connectivity index (χ3n) is 4.80. The number of amides is 1. The molecule has 0 aliphatic carbocycles. The molecule has 4 heterocycles. The molecule has 8 nitrogen and oxygen atoms in total. The summed E-state index contributed by atoms with van der Waals surface area (Å²) in [4.78, 5) is 23.7. The van der Waals surface area contributed by atoms with Crippen LogP contribution in [-0.2, 0) is 16.6 Å². The first-order chi connectivity index (χ1) is 13.1. The van der Waals surface area contributed by atoms with Crippen molar-refractivity contribution in [2.24, 2.45) is 7.05 Å². The third kappa shape index (κ3) is 3.81. The summed E-state index contributed by atoms with van der Waals surface area (Å²) in [5, 5.41) is 8.01. The van der Waals surface area contributed by atoms with Crippen molar-refractivity contribution in [1.82, 2.24) is 24.6 Å². The molecular weight excluding hydrogens is 344 g/mol. The van der Waals surface area contributed by atoms with Crippen molar-refractivity contribution >= 4 is 22.6 Å². The molecule has 1 saturated heterocycles. The lowest BCUT2D eigenvalue weighted by Crippen LogP contribution is -2.47. The molecule has 1 aliphatic heterocycles. The number of nitrogens with zero attached hydrogens (tertiary/aromatic N) is 5. The van der Waals surface area contributed by atoms with Crippen molar-refractivity contribution in [3.63, 3.8) is 0 Å². The minimum atomic E-state index is -0.235. The van der Waals surface area contributed by atoms with Gasteiger partial charge in [-0.2, -0.15) is 5.10 Å². The van der Waals surface area contributed by atoms with Gasteiger partial charge in [0.25, 0.3) is 0 Å². The Bertz CT molecular complexity index is 964. The highest BCUT2D eigenvalue weighted by Crippen LogP contribution is 2.21. The quantitative estimate of drug-likeness (QED) is 0.756. The van der Waals surface area contributed by atoms with E-state index in [0.29, 0.717) is 19.0 Å². The van der Waals surface area contributed by atoms with E-state index in [1.54, 1.807) is 23.1 Å². The molecule has 0 bridgehead atoms. The van der Waals surface area contributed by atoms with Crippen LogP contribution in [0.1, 0.15) is 6.92 Å². The predicted octanol–water partition coefficient (Wildman–Crippen LogP) is 1.69. The lowest BCUT2D eigenvalue weighted by atomic mass is 10.2. The van der Waals surface area contributed by atoms with Gasteiger partial charge in [0.15, 0.2) is 0 Å². The number of hydrogen-bond acceptors (Lipinski definition) is 6. The fourth-order valence-corrected chi connectivity index (χ4v) is 3.16. The van der Waals surface area contributed by atoms with Gasteiger partial charge in [-0.25, -0.2) is 9.97 Å². The van der Waals surface area contributed by atoms with E-state index in [0.717, 1.165) is 35.2 Å². The Morgan fingerprint density at radius 1 is 1.26 bits per heavy atom. The summed E-state index contributed by atoms with van der Waals surface area (Å²) in [7, 11) is 1.87. The smallest absolute Gasteiger partial charge is 0.242 e. The number of hydrogen-bond donors (Lipinski definition) is 1. The largest absolute Gasteiger partial charge is 0.379 e. The maximum absolute atomic E-state index is 12.6. The highest BCUT2D eigenvalue weighted by molar-refractivity contribution is 5.95. The molecule has 27 heavy (non-hydrogen) atoms. The van der Waals surface area contributed by atoms with Crippen molar-refractivity contribution in [3.05, 3.63) is 36.8 Å². The van der Waals surface area contributed by atoms with Crippen LogP contribution in [0, 0.1) is 0 Å². The van der Waals surface area contributed by atoms with Gasteiger partial charge in [-0.3, -0.25) is 14.4 Å². The first-order valence-corrected chi connectivity index (χ1v) is 8.98. The number of morpholine rings is 1. The van der Waals surface area contributed by atoms with E-state index in [2.05, 4.69) is 25.3 Å². The predicted molar refractivity (Wildman–Crippen MR) is 102 cm³/mol. The summed E-state index contributed by atoms with van der Waals surface area (Å²) in [5.41, 5.74) is 2.56. The number of pyridine rings is 2. The number of anilines is 1. The molecule has 0 saturated carbocycles. The summed E-state index contributed by atoms with van der Waals surface area (Å²) in [6.45, 7) is 4.74. The van der Waals surface area contributed by atoms with Crippen molar-refractivity contribution in [3.8, 4) is 11.3 Å². The number of rotatable bonds is 4. The van der Waals surface area contributed by atoms with E-state index in [4.69, 9.17) is 4.74 Å². The Balaban J connectivity index is 1.54. The van der Waals surface area contributed by atoms with Crippen LogP contribution < -0.4 is 5.32 Å². The zero-order valence-corrected chi connectivity index (χ0v) is 15.4. The number of ether oxygens (including phenoxy) is 1. The van der Waals surface area contributed by atoms with Crippen LogP contribution in [0.15, 0.2) is 36.8 Å². The molecule has 0 spiro atoms. The molecule has 3 aromatic heterocycles. The lowest BCUT2D eigenvalue weighted by Gasteiger charge is -2.31. The number of carbonyl (C=O) groups excluding carboxylic acids is 1. The second-order valence-corrected chi connectivity index (χ2v) is 6.67. The zero-order valence-electron chi connectivity index (χ0n) is 15.4. The van der Waals surface area contributed by atoms with Gasteiger partial charge in [0.05, 0.1) is 36.7 Å². The SMILES string of the molecule is C[C@@H](C(=O)Nc1cc2nc(-c3cnn(C)c3)ccc2cn1)N1CCOCC1. The Labute approximate surface area is 157 Å². The Morgan fingerprint density at radius 3 is 2.81 bits per heavy atom. The summed E-state index contributed by atoms with van der Waals surface area (Å²) in [6, 6.07) is 5.49. The monoisotopic (exact) mass is 366 g/mol. The highest BCUT2D eigenvalue weighted by Gasteiger charge is 2.23. The molecule has 3 aromatic rings. The summed E-state index contributed by atoms with van der Waals surface area (Å²) in [5.74, 6) is 0.426. The van der Waals surface area contributed by atoms with Crippen LogP contribution in [0.25, 0.3) is 22.2 Å². The van der Waals surface area contributed by atoms with Crippen LogP contribution in [0.5, 0.6) is 0 Å². The van der Waals surface area contributed by atoms with Crippen LogP contribution in [0.4, 0.5) is 5.82 Å². The molecule has 0 radical (unpaired) electrons. The Morgan fingerprint density at radius 2 is 2.07 bits per heavy atom. The van der Waals surface area contributed by atoms with Gasteiger partial charge < -0.3 is 10.1 Å². The Hall–Kier alpha value is -2.84. The van der Waals surface area contributed by atoms with E-state index in [1.165, 1.54) is 0 Å². The molecular formula is C19H22N6O2. The van der Waals surface area contributed by atoms with Gasteiger partial charge in [0, 0.05) is 49.5 Å². The molecule has 1 aliphatic rings. The third-order valence-corrected chi connectivity index (χ3v) is 4.80.